The second kappa shape index (κ2) is 3.70. The molecule has 1 aliphatic heterocycles. The maximum Gasteiger partial charge on any atom is 0.259 e. The lowest BCUT2D eigenvalue weighted by Crippen LogP contribution is -2.08. The zero-order valence-electron chi connectivity index (χ0n) is 9.60. The van der Waals surface area contributed by atoms with Crippen LogP contribution in [0.3, 0.4) is 0 Å². The van der Waals surface area contributed by atoms with Gasteiger partial charge in [-0.3, -0.25) is 4.79 Å². The van der Waals surface area contributed by atoms with Gasteiger partial charge in [0, 0.05) is 5.56 Å². The van der Waals surface area contributed by atoms with E-state index in [0.717, 1.165) is 5.56 Å². The highest BCUT2D eigenvalue weighted by Gasteiger charge is 2.24. The molecule has 1 aliphatic rings. The minimum atomic E-state index is 0.00702. The zero-order chi connectivity index (χ0) is 12.0. The first-order valence-corrected chi connectivity index (χ1v) is 6.34. The van der Waals surface area contributed by atoms with Crippen molar-refractivity contribution in [2.75, 3.05) is 5.75 Å². The quantitative estimate of drug-likeness (QED) is 0.773. The van der Waals surface area contributed by atoms with E-state index in [2.05, 4.69) is 30.0 Å². The molecule has 0 aliphatic carbocycles. The largest absolute Gasteiger partial charge is 0.271 e. The molecule has 0 radical (unpaired) electrons. The van der Waals surface area contributed by atoms with Crippen LogP contribution in [0.5, 0.6) is 0 Å². The molecule has 17 heavy (non-hydrogen) atoms. The van der Waals surface area contributed by atoms with Gasteiger partial charge < -0.3 is 0 Å². The lowest BCUT2D eigenvalue weighted by Gasteiger charge is -2.01. The summed E-state index contributed by atoms with van der Waals surface area (Å²) in [5.74, 6) is 1.08. The SMILES string of the molecule is Cc1ccc(-c2nc3n(n2)C(=O)CS3)cc1C. The summed E-state index contributed by atoms with van der Waals surface area (Å²) in [6, 6.07) is 6.09. The molecule has 0 unspecified atom stereocenters. The molecule has 5 heteroatoms. The first-order valence-electron chi connectivity index (χ1n) is 5.36. The monoisotopic (exact) mass is 245 g/mol. The van der Waals surface area contributed by atoms with Crippen molar-refractivity contribution in [3.05, 3.63) is 29.3 Å². The molecule has 0 saturated heterocycles. The van der Waals surface area contributed by atoms with Gasteiger partial charge in [0.1, 0.15) is 0 Å². The maximum atomic E-state index is 11.5. The third-order valence-electron chi connectivity index (χ3n) is 2.90. The predicted octanol–water partition coefficient (Wildman–Crippen LogP) is 2.31. The summed E-state index contributed by atoms with van der Waals surface area (Å²) in [6.45, 7) is 4.13. The summed E-state index contributed by atoms with van der Waals surface area (Å²) in [5, 5.41) is 4.95. The van der Waals surface area contributed by atoms with Gasteiger partial charge in [-0.05, 0) is 31.0 Å². The van der Waals surface area contributed by atoms with E-state index in [1.165, 1.54) is 27.6 Å². The average Bonchev–Trinajstić information content (AvgIpc) is 2.86. The van der Waals surface area contributed by atoms with Crippen molar-refractivity contribution in [3.8, 4) is 11.4 Å². The molecule has 4 nitrogen and oxygen atoms in total. The van der Waals surface area contributed by atoms with E-state index in [1.54, 1.807) is 0 Å². The number of carbonyl (C=O) groups excluding carboxylic acids is 1. The van der Waals surface area contributed by atoms with Crippen LogP contribution in [0.25, 0.3) is 11.4 Å². The van der Waals surface area contributed by atoms with Crippen molar-refractivity contribution in [2.45, 2.75) is 19.0 Å². The molecular formula is C12H11N3OS. The highest BCUT2D eigenvalue weighted by molar-refractivity contribution is 8.00. The van der Waals surface area contributed by atoms with Gasteiger partial charge in [-0.2, -0.15) is 4.68 Å². The Kier molecular flexibility index (Phi) is 2.29. The van der Waals surface area contributed by atoms with Gasteiger partial charge >= 0.3 is 0 Å². The summed E-state index contributed by atoms with van der Waals surface area (Å²) in [6.07, 6.45) is 0. The number of fused-ring (bicyclic) bond motifs is 1. The Labute approximate surface area is 103 Å². The second-order valence-corrected chi connectivity index (χ2v) is 5.05. The average molecular weight is 245 g/mol. The Hall–Kier alpha value is -1.62. The number of rotatable bonds is 1. The maximum absolute atomic E-state index is 11.5. The zero-order valence-corrected chi connectivity index (χ0v) is 10.4. The fourth-order valence-electron chi connectivity index (χ4n) is 1.74. The van der Waals surface area contributed by atoms with Crippen LogP contribution in [0, 0.1) is 13.8 Å². The predicted molar refractivity (Wildman–Crippen MR) is 66.3 cm³/mol. The number of hydrogen-bond acceptors (Lipinski definition) is 4. The highest BCUT2D eigenvalue weighted by Crippen LogP contribution is 2.27. The smallest absolute Gasteiger partial charge is 0.259 e. The summed E-state index contributed by atoms with van der Waals surface area (Å²) in [4.78, 5) is 15.8. The fourth-order valence-corrected chi connectivity index (χ4v) is 2.53. The molecule has 1 aromatic carbocycles. The topological polar surface area (TPSA) is 47.8 Å². The van der Waals surface area contributed by atoms with Crippen LogP contribution in [0.1, 0.15) is 15.9 Å². The molecular weight excluding hydrogens is 234 g/mol. The van der Waals surface area contributed by atoms with E-state index in [9.17, 15) is 4.79 Å². The minimum Gasteiger partial charge on any atom is -0.271 e. The van der Waals surface area contributed by atoms with Crippen molar-refractivity contribution in [1.29, 1.82) is 0 Å². The summed E-state index contributed by atoms with van der Waals surface area (Å²) in [5.41, 5.74) is 3.41. The highest BCUT2D eigenvalue weighted by atomic mass is 32.2. The van der Waals surface area contributed by atoms with Crippen LogP contribution in [0.15, 0.2) is 23.4 Å². The number of carbonyl (C=O) groups is 1. The molecule has 0 atom stereocenters. The fraction of sp³-hybridized carbons (Fsp3) is 0.250. The molecule has 2 heterocycles. The minimum absolute atomic E-state index is 0.00702. The number of nitrogens with zero attached hydrogens (tertiary/aromatic N) is 3. The van der Waals surface area contributed by atoms with E-state index in [-0.39, 0.29) is 5.91 Å². The summed E-state index contributed by atoms with van der Waals surface area (Å²) < 4.78 is 1.40. The lowest BCUT2D eigenvalue weighted by atomic mass is 10.1. The standard InChI is InChI=1S/C12H11N3OS/c1-7-3-4-9(5-8(7)2)11-13-12-15(14-11)10(16)6-17-12/h3-5H,6H2,1-2H3. The van der Waals surface area contributed by atoms with Crippen LogP contribution in [0.2, 0.25) is 0 Å². The molecule has 0 spiro atoms. The number of benzene rings is 1. The van der Waals surface area contributed by atoms with E-state index >= 15 is 0 Å². The summed E-state index contributed by atoms with van der Waals surface area (Å²) in [7, 11) is 0. The first kappa shape index (κ1) is 10.5. The van der Waals surface area contributed by atoms with Gasteiger partial charge in [-0.15, -0.1) is 5.10 Å². The Bertz CT molecular complexity index is 618. The molecule has 0 saturated carbocycles. The van der Waals surface area contributed by atoms with Crippen molar-refractivity contribution >= 4 is 17.7 Å². The van der Waals surface area contributed by atoms with Crippen molar-refractivity contribution < 1.29 is 4.79 Å². The van der Waals surface area contributed by atoms with Gasteiger partial charge in [0.25, 0.3) is 5.91 Å². The molecule has 3 rings (SSSR count). The molecule has 2 aromatic rings. The number of thioether (sulfide) groups is 1. The molecule has 1 aromatic heterocycles. The molecule has 0 bridgehead atoms. The Morgan fingerprint density at radius 1 is 1.29 bits per heavy atom. The number of aromatic nitrogens is 3. The molecule has 0 N–H and O–H groups in total. The second-order valence-electron chi connectivity index (χ2n) is 4.11. The van der Waals surface area contributed by atoms with Crippen LogP contribution in [0.4, 0.5) is 0 Å². The molecule has 0 amide bonds. The third-order valence-corrected chi connectivity index (χ3v) is 3.82. The van der Waals surface area contributed by atoms with Crippen LogP contribution in [-0.2, 0) is 0 Å². The Balaban J connectivity index is 2.07. The van der Waals surface area contributed by atoms with Crippen molar-refractivity contribution in [3.63, 3.8) is 0 Å². The van der Waals surface area contributed by atoms with E-state index in [0.29, 0.717) is 16.7 Å². The van der Waals surface area contributed by atoms with E-state index < -0.39 is 0 Å². The van der Waals surface area contributed by atoms with Crippen molar-refractivity contribution in [1.82, 2.24) is 14.8 Å². The van der Waals surface area contributed by atoms with Gasteiger partial charge in [0.15, 0.2) is 11.0 Å². The Morgan fingerprint density at radius 3 is 2.82 bits per heavy atom. The number of hydrogen-bond donors (Lipinski definition) is 0. The third kappa shape index (κ3) is 1.67. The van der Waals surface area contributed by atoms with E-state index in [4.69, 9.17) is 0 Å². The molecule has 0 fully saturated rings. The van der Waals surface area contributed by atoms with E-state index in [1.807, 2.05) is 12.1 Å². The van der Waals surface area contributed by atoms with Crippen molar-refractivity contribution in [2.24, 2.45) is 0 Å². The van der Waals surface area contributed by atoms with Gasteiger partial charge in [-0.1, -0.05) is 23.9 Å². The van der Waals surface area contributed by atoms with Crippen LogP contribution < -0.4 is 0 Å². The van der Waals surface area contributed by atoms with Crippen LogP contribution >= 0.6 is 11.8 Å². The Morgan fingerprint density at radius 2 is 2.12 bits per heavy atom. The van der Waals surface area contributed by atoms with Gasteiger partial charge in [0.05, 0.1) is 5.75 Å². The summed E-state index contributed by atoms with van der Waals surface area (Å²) >= 11 is 1.44. The van der Waals surface area contributed by atoms with Gasteiger partial charge in [0.2, 0.25) is 0 Å². The van der Waals surface area contributed by atoms with Gasteiger partial charge in [-0.25, -0.2) is 4.98 Å². The first-order chi connectivity index (χ1) is 8.15. The molecule has 86 valence electrons. The lowest BCUT2D eigenvalue weighted by molar-refractivity contribution is 0.0923. The number of aryl methyl sites for hydroxylation is 2. The van der Waals surface area contributed by atoms with Crippen LogP contribution in [-0.4, -0.2) is 26.4 Å². The normalized spacial score (nSPS) is 14.1.